The number of hydrogen-bond donors (Lipinski definition) is 1. The van der Waals surface area contributed by atoms with Crippen molar-refractivity contribution >= 4 is 5.91 Å². The summed E-state index contributed by atoms with van der Waals surface area (Å²) < 4.78 is 0. The maximum Gasteiger partial charge on any atom is 0.226 e. The number of carbonyl (C=O) groups excluding carboxylic acids is 1. The van der Waals surface area contributed by atoms with Crippen molar-refractivity contribution in [1.29, 1.82) is 0 Å². The number of aromatic nitrogens is 2. The van der Waals surface area contributed by atoms with E-state index in [0.717, 1.165) is 41.8 Å². The van der Waals surface area contributed by atoms with Crippen molar-refractivity contribution in [3.05, 3.63) is 89.5 Å². The predicted molar refractivity (Wildman–Crippen MR) is 101 cm³/mol. The van der Waals surface area contributed by atoms with E-state index in [-0.39, 0.29) is 11.8 Å². The van der Waals surface area contributed by atoms with Crippen molar-refractivity contribution in [1.82, 2.24) is 14.9 Å². The Morgan fingerprint density at radius 1 is 1.00 bits per heavy atom. The van der Waals surface area contributed by atoms with Gasteiger partial charge in [0, 0.05) is 31.1 Å². The van der Waals surface area contributed by atoms with E-state index in [1.165, 1.54) is 0 Å². The molecule has 1 amide bonds. The molecule has 1 aromatic heterocycles. The van der Waals surface area contributed by atoms with Gasteiger partial charge in [-0.25, -0.2) is 4.98 Å². The lowest BCUT2D eigenvalue weighted by atomic mass is 9.88. The molecule has 0 saturated heterocycles. The van der Waals surface area contributed by atoms with Crippen LogP contribution in [0.5, 0.6) is 0 Å². The van der Waals surface area contributed by atoms with Crippen LogP contribution in [0.3, 0.4) is 0 Å². The second-order valence-corrected chi connectivity index (χ2v) is 6.93. The second kappa shape index (κ2) is 7.56. The standard InChI is InChI=1S/C22H23N3O/c26-22(19-11-12-20-21(13-19)24-16-23-20)25(14-17-7-3-1-4-8-17)15-18-9-5-2-6-10-18/h1-10,16,19H,11-15H2,(H,23,24). The largest absolute Gasteiger partial charge is 0.348 e. The van der Waals surface area contributed by atoms with Gasteiger partial charge in [0.15, 0.2) is 0 Å². The van der Waals surface area contributed by atoms with Gasteiger partial charge in [0.25, 0.3) is 0 Å². The molecule has 1 aliphatic carbocycles. The first-order chi connectivity index (χ1) is 12.8. The molecule has 26 heavy (non-hydrogen) atoms. The summed E-state index contributed by atoms with van der Waals surface area (Å²) in [7, 11) is 0. The van der Waals surface area contributed by atoms with Crippen molar-refractivity contribution in [2.75, 3.05) is 0 Å². The van der Waals surface area contributed by atoms with Crippen LogP contribution in [0.4, 0.5) is 0 Å². The number of imidazole rings is 1. The van der Waals surface area contributed by atoms with E-state index in [2.05, 4.69) is 34.2 Å². The average Bonchev–Trinajstić information content (AvgIpc) is 3.16. The third-order valence-corrected chi connectivity index (χ3v) is 5.08. The summed E-state index contributed by atoms with van der Waals surface area (Å²) in [6, 6.07) is 20.4. The molecule has 1 aliphatic rings. The van der Waals surface area contributed by atoms with E-state index in [1.807, 2.05) is 41.3 Å². The first-order valence-electron chi connectivity index (χ1n) is 9.17. The lowest BCUT2D eigenvalue weighted by Crippen LogP contribution is -2.37. The Hall–Kier alpha value is -2.88. The molecule has 4 rings (SSSR count). The van der Waals surface area contributed by atoms with Gasteiger partial charge in [-0.15, -0.1) is 0 Å². The maximum atomic E-state index is 13.3. The molecular formula is C22H23N3O. The van der Waals surface area contributed by atoms with Crippen LogP contribution in [0, 0.1) is 5.92 Å². The van der Waals surface area contributed by atoms with Gasteiger partial charge in [0.2, 0.25) is 5.91 Å². The maximum absolute atomic E-state index is 13.3. The SMILES string of the molecule is O=C(C1CCc2nc[nH]c2C1)N(Cc1ccccc1)Cc1ccccc1. The number of aromatic amines is 1. The second-order valence-electron chi connectivity index (χ2n) is 6.93. The fourth-order valence-electron chi connectivity index (χ4n) is 3.69. The average molecular weight is 345 g/mol. The predicted octanol–water partition coefficient (Wildman–Crippen LogP) is 3.74. The molecule has 1 atom stereocenters. The van der Waals surface area contributed by atoms with Crippen LogP contribution in [0.25, 0.3) is 0 Å². The van der Waals surface area contributed by atoms with Crippen molar-refractivity contribution in [2.24, 2.45) is 5.92 Å². The minimum absolute atomic E-state index is 0.0235. The molecule has 0 bridgehead atoms. The number of nitrogens with zero attached hydrogens (tertiary/aromatic N) is 2. The van der Waals surface area contributed by atoms with E-state index < -0.39 is 0 Å². The molecule has 2 aromatic carbocycles. The Kier molecular flexibility index (Phi) is 4.82. The third kappa shape index (κ3) is 3.69. The molecule has 4 heteroatoms. The number of benzene rings is 2. The van der Waals surface area contributed by atoms with Gasteiger partial charge in [-0.05, 0) is 24.0 Å². The molecule has 4 nitrogen and oxygen atoms in total. The number of fused-ring (bicyclic) bond motifs is 1. The summed E-state index contributed by atoms with van der Waals surface area (Å²) in [4.78, 5) is 22.9. The number of carbonyl (C=O) groups is 1. The molecule has 1 unspecified atom stereocenters. The topological polar surface area (TPSA) is 49.0 Å². The third-order valence-electron chi connectivity index (χ3n) is 5.08. The molecule has 0 spiro atoms. The van der Waals surface area contributed by atoms with E-state index in [0.29, 0.717) is 13.1 Å². The smallest absolute Gasteiger partial charge is 0.226 e. The number of amides is 1. The summed E-state index contributed by atoms with van der Waals surface area (Å²) in [6.45, 7) is 1.28. The highest BCUT2D eigenvalue weighted by Gasteiger charge is 2.29. The molecular weight excluding hydrogens is 322 g/mol. The van der Waals surface area contributed by atoms with E-state index in [9.17, 15) is 4.79 Å². The van der Waals surface area contributed by atoms with Crippen molar-refractivity contribution in [3.8, 4) is 0 Å². The quantitative estimate of drug-likeness (QED) is 0.766. The zero-order valence-corrected chi connectivity index (χ0v) is 14.8. The van der Waals surface area contributed by atoms with Gasteiger partial charge in [-0.2, -0.15) is 0 Å². The van der Waals surface area contributed by atoms with Gasteiger partial charge < -0.3 is 9.88 Å². The van der Waals surface area contributed by atoms with Crippen molar-refractivity contribution in [3.63, 3.8) is 0 Å². The monoisotopic (exact) mass is 345 g/mol. The number of nitrogens with one attached hydrogen (secondary N) is 1. The normalized spacial score (nSPS) is 16.1. The van der Waals surface area contributed by atoms with Crippen LogP contribution in [-0.4, -0.2) is 20.8 Å². The Bertz CT molecular complexity index is 816. The molecule has 1 N–H and O–H groups in total. The molecule has 0 aliphatic heterocycles. The Labute approximate surface area is 153 Å². The van der Waals surface area contributed by atoms with Gasteiger partial charge >= 0.3 is 0 Å². The zero-order chi connectivity index (χ0) is 17.8. The van der Waals surface area contributed by atoms with Crippen molar-refractivity contribution in [2.45, 2.75) is 32.4 Å². The van der Waals surface area contributed by atoms with Crippen molar-refractivity contribution < 1.29 is 4.79 Å². The van der Waals surface area contributed by atoms with Crippen LogP contribution in [0.15, 0.2) is 67.0 Å². The Balaban J connectivity index is 1.54. The van der Waals surface area contributed by atoms with Crippen LogP contribution < -0.4 is 0 Å². The lowest BCUT2D eigenvalue weighted by molar-refractivity contribution is -0.137. The number of aryl methyl sites for hydroxylation is 1. The van der Waals surface area contributed by atoms with Crippen LogP contribution in [-0.2, 0) is 30.7 Å². The highest BCUT2D eigenvalue weighted by Crippen LogP contribution is 2.26. The van der Waals surface area contributed by atoms with Gasteiger partial charge in [0.1, 0.15) is 0 Å². The fourth-order valence-corrected chi connectivity index (χ4v) is 3.69. The molecule has 132 valence electrons. The zero-order valence-electron chi connectivity index (χ0n) is 14.8. The van der Waals surface area contributed by atoms with E-state index >= 15 is 0 Å². The summed E-state index contributed by atoms with van der Waals surface area (Å²) >= 11 is 0. The van der Waals surface area contributed by atoms with Crippen LogP contribution in [0.1, 0.15) is 28.9 Å². The Morgan fingerprint density at radius 2 is 1.62 bits per heavy atom. The lowest BCUT2D eigenvalue weighted by Gasteiger charge is -2.29. The highest BCUT2D eigenvalue weighted by molar-refractivity contribution is 5.79. The van der Waals surface area contributed by atoms with Gasteiger partial charge in [-0.3, -0.25) is 4.79 Å². The first-order valence-corrected chi connectivity index (χ1v) is 9.17. The molecule has 3 aromatic rings. The summed E-state index contributed by atoms with van der Waals surface area (Å²) in [6.07, 6.45) is 4.24. The summed E-state index contributed by atoms with van der Waals surface area (Å²) in [5, 5.41) is 0. The summed E-state index contributed by atoms with van der Waals surface area (Å²) in [5.41, 5.74) is 4.56. The minimum Gasteiger partial charge on any atom is -0.348 e. The minimum atomic E-state index is 0.0235. The van der Waals surface area contributed by atoms with E-state index in [4.69, 9.17) is 0 Å². The Morgan fingerprint density at radius 3 is 2.23 bits per heavy atom. The molecule has 0 fully saturated rings. The molecule has 1 heterocycles. The molecule has 0 radical (unpaired) electrons. The fraction of sp³-hybridized carbons (Fsp3) is 0.273. The summed E-state index contributed by atoms with van der Waals surface area (Å²) in [5.74, 6) is 0.258. The van der Waals surface area contributed by atoms with Crippen LogP contribution in [0.2, 0.25) is 0 Å². The molecule has 0 saturated carbocycles. The van der Waals surface area contributed by atoms with Crippen LogP contribution >= 0.6 is 0 Å². The highest BCUT2D eigenvalue weighted by atomic mass is 16.2. The number of hydrogen-bond acceptors (Lipinski definition) is 2. The van der Waals surface area contributed by atoms with E-state index in [1.54, 1.807) is 6.33 Å². The first kappa shape index (κ1) is 16.6. The van der Waals surface area contributed by atoms with Gasteiger partial charge in [-0.1, -0.05) is 60.7 Å². The number of rotatable bonds is 5. The number of H-pyrrole nitrogens is 1. The van der Waals surface area contributed by atoms with Gasteiger partial charge in [0.05, 0.1) is 12.0 Å².